The molecule has 2 aromatic carbocycles. The molecule has 0 radical (unpaired) electrons. The van der Waals surface area contributed by atoms with E-state index in [1.807, 2.05) is 26.0 Å². The molecule has 0 spiro atoms. The Bertz CT molecular complexity index is 892. The predicted octanol–water partition coefficient (Wildman–Crippen LogP) is 10.3. The highest BCUT2D eigenvalue weighted by Crippen LogP contribution is 2.32. The highest BCUT2D eigenvalue weighted by atomic mass is 14.2. The van der Waals surface area contributed by atoms with Gasteiger partial charge in [0.25, 0.3) is 0 Å². The van der Waals surface area contributed by atoms with Gasteiger partial charge in [-0.15, -0.1) is 0 Å². The molecular formula is C33H46. The van der Waals surface area contributed by atoms with Gasteiger partial charge in [0, 0.05) is 0 Å². The van der Waals surface area contributed by atoms with Crippen molar-refractivity contribution in [2.45, 2.75) is 73.6 Å². The van der Waals surface area contributed by atoms with Crippen LogP contribution in [0.1, 0.15) is 80.7 Å². The summed E-state index contributed by atoms with van der Waals surface area (Å²) in [6.07, 6.45) is 16.9. The minimum Gasteiger partial charge on any atom is -0.0991 e. The van der Waals surface area contributed by atoms with E-state index in [1.54, 1.807) is 6.08 Å². The van der Waals surface area contributed by atoms with Crippen LogP contribution in [0.5, 0.6) is 0 Å². The maximum Gasteiger partial charge on any atom is -0.0254 e. The Balaban J connectivity index is 0.000000354. The normalized spacial score (nSPS) is 17.6. The van der Waals surface area contributed by atoms with Crippen molar-refractivity contribution in [2.75, 3.05) is 0 Å². The monoisotopic (exact) mass is 442 g/mol. The maximum absolute atomic E-state index is 4.24. The van der Waals surface area contributed by atoms with E-state index in [-0.39, 0.29) is 0 Å². The minimum atomic E-state index is 0.857. The summed E-state index contributed by atoms with van der Waals surface area (Å²) in [5, 5.41) is 0. The fourth-order valence-corrected chi connectivity index (χ4v) is 4.12. The zero-order chi connectivity index (χ0) is 24.6. The van der Waals surface area contributed by atoms with Gasteiger partial charge in [0.15, 0.2) is 0 Å². The smallest absolute Gasteiger partial charge is 0.0254 e. The van der Waals surface area contributed by atoms with Crippen molar-refractivity contribution in [3.63, 3.8) is 0 Å². The van der Waals surface area contributed by atoms with Gasteiger partial charge in [-0.05, 0) is 67.7 Å². The lowest BCUT2D eigenvalue weighted by molar-refractivity contribution is 0.282. The van der Waals surface area contributed by atoms with E-state index in [0.717, 1.165) is 11.8 Å². The molecule has 0 aliphatic heterocycles. The van der Waals surface area contributed by atoms with Crippen molar-refractivity contribution in [1.82, 2.24) is 0 Å². The summed E-state index contributed by atoms with van der Waals surface area (Å²) in [6.45, 7) is 20.7. The summed E-state index contributed by atoms with van der Waals surface area (Å²) in [4.78, 5) is 0. The van der Waals surface area contributed by atoms with Crippen molar-refractivity contribution in [1.29, 1.82) is 0 Å². The first-order chi connectivity index (χ1) is 15.9. The Morgan fingerprint density at radius 1 is 0.909 bits per heavy atom. The zero-order valence-corrected chi connectivity index (χ0v) is 22.0. The van der Waals surface area contributed by atoms with Crippen molar-refractivity contribution < 1.29 is 0 Å². The Labute approximate surface area is 204 Å². The average Bonchev–Trinajstić information content (AvgIpc) is 2.81. The summed E-state index contributed by atoms with van der Waals surface area (Å²) in [7, 11) is 0. The fourth-order valence-electron chi connectivity index (χ4n) is 4.12. The molecule has 0 saturated heterocycles. The Morgan fingerprint density at radius 2 is 1.58 bits per heavy atom. The Hall–Kier alpha value is -2.60. The number of hydrogen-bond donors (Lipinski definition) is 0. The lowest BCUT2D eigenvalue weighted by Gasteiger charge is -2.26. The van der Waals surface area contributed by atoms with Crippen molar-refractivity contribution in [3.05, 3.63) is 107 Å². The molecule has 0 nitrogen and oxygen atoms in total. The first kappa shape index (κ1) is 28.4. The van der Waals surface area contributed by atoms with E-state index in [1.165, 1.54) is 65.5 Å². The number of allylic oxidation sites excluding steroid dienone is 4. The second kappa shape index (κ2) is 16.1. The van der Waals surface area contributed by atoms with Crippen LogP contribution in [0.15, 0.2) is 79.4 Å². The molecule has 1 fully saturated rings. The maximum atomic E-state index is 4.24. The summed E-state index contributed by atoms with van der Waals surface area (Å²) >= 11 is 0. The molecule has 1 aliphatic rings. The van der Waals surface area contributed by atoms with Crippen LogP contribution in [-0.4, -0.2) is 0 Å². The van der Waals surface area contributed by atoms with E-state index < -0.39 is 0 Å². The van der Waals surface area contributed by atoms with Gasteiger partial charge >= 0.3 is 0 Å². The van der Waals surface area contributed by atoms with Gasteiger partial charge < -0.3 is 0 Å². The third-order valence-corrected chi connectivity index (χ3v) is 6.14. The lowest BCUT2D eigenvalue weighted by Crippen LogP contribution is -2.13. The van der Waals surface area contributed by atoms with E-state index in [2.05, 4.69) is 95.5 Å². The largest absolute Gasteiger partial charge is 0.0991 e. The van der Waals surface area contributed by atoms with Gasteiger partial charge in [-0.2, -0.15) is 0 Å². The Morgan fingerprint density at radius 3 is 2.18 bits per heavy atom. The standard InChI is InChI=1S/C20H28.C11H12.C2H6/c1-15-6-5-7-20(12-15)13-16(2)8-10-19-11-9-17(3)18(4)14-19;1-3-4-5-11-8-6-10(2)7-9-11;1-2/h8-11,14-15,20H,2,5-7,12-13H2,1,3-4H3;3-9H,1H2,2H3;1-2H3/b10-8+;5-4+;. The topological polar surface area (TPSA) is 0 Å². The second-order valence-corrected chi connectivity index (χ2v) is 9.18. The fraction of sp³-hybridized carbons (Fsp3) is 0.394. The summed E-state index contributed by atoms with van der Waals surface area (Å²) < 4.78 is 0. The van der Waals surface area contributed by atoms with Crippen LogP contribution in [0.2, 0.25) is 0 Å². The summed E-state index contributed by atoms with van der Waals surface area (Å²) in [5.74, 6) is 1.76. The molecule has 2 aromatic rings. The molecule has 0 bridgehead atoms. The van der Waals surface area contributed by atoms with Gasteiger partial charge in [-0.3, -0.25) is 0 Å². The molecule has 2 atom stereocenters. The van der Waals surface area contributed by atoms with E-state index in [0.29, 0.717) is 0 Å². The van der Waals surface area contributed by atoms with Gasteiger partial charge in [0.1, 0.15) is 0 Å². The van der Waals surface area contributed by atoms with Gasteiger partial charge in [0.2, 0.25) is 0 Å². The van der Waals surface area contributed by atoms with Crippen LogP contribution in [0.4, 0.5) is 0 Å². The third kappa shape index (κ3) is 11.7. The van der Waals surface area contributed by atoms with Crippen LogP contribution < -0.4 is 0 Å². The summed E-state index contributed by atoms with van der Waals surface area (Å²) in [6, 6.07) is 15.0. The molecule has 3 rings (SSSR count). The molecule has 0 N–H and O–H groups in total. The van der Waals surface area contributed by atoms with Crippen LogP contribution in [0.3, 0.4) is 0 Å². The van der Waals surface area contributed by atoms with Crippen molar-refractivity contribution in [2.24, 2.45) is 11.8 Å². The summed E-state index contributed by atoms with van der Waals surface area (Å²) in [5.41, 5.74) is 7.79. The van der Waals surface area contributed by atoms with E-state index in [4.69, 9.17) is 0 Å². The number of benzene rings is 2. The zero-order valence-electron chi connectivity index (χ0n) is 22.0. The van der Waals surface area contributed by atoms with Crippen LogP contribution in [-0.2, 0) is 0 Å². The quantitative estimate of drug-likeness (QED) is 0.390. The Kier molecular flexibility index (Phi) is 13.9. The third-order valence-electron chi connectivity index (χ3n) is 6.14. The first-order valence-corrected chi connectivity index (χ1v) is 12.7. The molecule has 178 valence electrons. The van der Waals surface area contributed by atoms with Crippen molar-refractivity contribution >= 4 is 12.2 Å². The molecule has 2 unspecified atom stereocenters. The van der Waals surface area contributed by atoms with Crippen LogP contribution >= 0.6 is 0 Å². The van der Waals surface area contributed by atoms with Gasteiger partial charge in [0.05, 0.1) is 0 Å². The second-order valence-electron chi connectivity index (χ2n) is 9.18. The molecule has 33 heavy (non-hydrogen) atoms. The van der Waals surface area contributed by atoms with Crippen molar-refractivity contribution in [3.8, 4) is 0 Å². The van der Waals surface area contributed by atoms with E-state index in [9.17, 15) is 0 Å². The predicted molar refractivity (Wildman–Crippen MR) is 152 cm³/mol. The minimum absolute atomic E-state index is 0.857. The number of hydrogen-bond acceptors (Lipinski definition) is 0. The number of rotatable bonds is 6. The van der Waals surface area contributed by atoms with Gasteiger partial charge in [-0.1, -0.05) is 137 Å². The molecule has 0 amide bonds. The van der Waals surface area contributed by atoms with E-state index >= 15 is 0 Å². The number of aryl methyl sites for hydroxylation is 3. The molecule has 0 aromatic heterocycles. The highest BCUT2D eigenvalue weighted by Gasteiger charge is 2.18. The van der Waals surface area contributed by atoms with Gasteiger partial charge in [-0.25, -0.2) is 0 Å². The molecule has 1 saturated carbocycles. The highest BCUT2D eigenvalue weighted by molar-refractivity contribution is 5.54. The molecule has 0 heteroatoms. The first-order valence-electron chi connectivity index (χ1n) is 12.7. The lowest BCUT2D eigenvalue weighted by atomic mass is 9.79. The molecule has 1 aliphatic carbocycles. The average molecular weight is 443 g/mol. The molecule has 0 heterocycles. The molecular weight excluding hydrogens is 396 g/mol. The SMILES string of the molecule is C=C(/C=C/c1ccc(C)c(C)c1)CC1CCCC(C)C1.C=C/C=C/c1ccc(C)cc1.CC. The van der Waals surface area contributed by atoms with Crippen LogP contribution in [0, 0.1) is 32.6 Å². The van der Waals surface area contributed by atoms with Crippen LogP contribution in [0.25, 0.3) is 12.2 Å².